The highest BCUT2D eigenvalue weighted by atomic mass is 19.4. The summed E-state index contributed by atoms with van der Waals surface area (Å²) in [6.45, 7) is 3.93. The summed E-state index contributed by atoms with van der Waals surface area (Å²) < 4.78 is 40.8. The van der Waals surface area contributed by atoms with Gasteiger partial charge in [-0.05, 0) is 61.0 Å². The van der Waals surface area contributed by atoms with Gasteiger partial charge in [-0.25, -0.2) is 0 Å². The van der Waals surface area contributed by atoms with Crippen LogP contribution in [0.15, 0.2) is 36.4 Å². The zero-order valence-electron chi connectivity index (χ0n) is 16.1. The monoisotopic (exact) mass is 392 g/mol. The highest BCUT2D eigenvalue weighted by Gasteiger charge is 2.32. The molecule has 0 aliphatic carbocycles. The number of alkyl halides is 3. The Bertz CT molecular complexity index is 848. The van der Waals surface area contributed by atoms with E-state index in [-0.39, 0.29) is 11.8 Å². The molecule has 150 valence electrons. The van der Waals surface area contributed by atoms with E-state index < -0.39 is 6.36 Å². The van der Waals surface area contributed by atoms with Gasteiger partial charge in [0.15, 0.2) is 0 Å². The Morgan fingerprint density at radius 2 is 1.86 bits per heavy atom. The predicted molar refractivity (Wildman–Crippen MR) is 99.7 cm³/mol. The molecule has 0 spiro atoms. The maximum absolute atomic E-state index is 12.3. The third kappa shape index (κ3) is 4.72. The van der Waals surface area contributed by atoms with E-state index >= 15 is 0 Å². The number of rotatable bonds is 6. The van der Waals surface area contributed by atoms with Crippen LogP contribution in [-0.4, -0.2) is 36.5 Å². The quantitative estimate of drug-likeness (QED) is 0.690. The Morgan fingerprint density at radius 1 is 1.18 bits per heavy atom. The van der Waals surface area contributed by atoms with E-state index in [1.54, 1.807) is 12.1 Å². The molecule has 0 N–H and O–H groups in total. The fourth-order valence-corrected chi connectivity index (χ4v) is 3.80. The van der Waals surface area contributed by atoms with Crippen LogP contribution in [0.4, 0.5) is 13.2 Å². The molecule has 1 unspecified atom stereocenters. The number of halogens is 3. The molecule has 0 radical (unpaired) electrons. The lowest BCUT2D eigenvalue weighted by Gasteiger charge is -2.21. The van der Waals surface area contributed by atoms with Crippen molar-refractivity contribution in [2.75, 3.05) is 14.1 Å². The first-order valence-corrected chi connectivity index (χ1v) is 8.97. The molecule has 1 aliphatic heterocycles. The van der Waals surface area contributed by atoms with Crippen LogP contribution in [-0.2, 0) is 24.4 Å². The van der Waals surface area contributed by atoms with Crippen molar-refractivity contribution in [2.45, 2.75) is 39.0 Å². The third-order valence-corrected chi connectivity index (χ3v) is 4.77. The zero-order valence-corrected chi connectivity index (χ0v) is 16.1. The SMILES string of the molecule is Cc1cc(CN(C)C)cc2c1C(C=O)N(Cc1ccc(OC(F)(F)F)cc1)C2. The van der Waals surface area contributed by atoms with Gasteiger partial charge in [0.05, 0.1) is 6.04 Å². The second-order valence-corrected chi connectivity index (χ2v) is 7.40. The molecule has 2 aromatic rings. The van der Waals surface area contributed by atoms with Gasteiger partial charge in [0.2, 0.25) is 0 Å². The highest BCUT2D eigenvalue weighted by molar-refractivity contribution is 5.66. The summed E-state index contributed by atoms with van der Waals surface area (Å²) in [6.07, 6.45) is -3.77. The van der Waals surface area contributed by atoms with E-state index in [2.05, 4.69) is 21.8 Å². The lowest BCUT2D eigenvalue weighted by atomic mass is 9.96. The molecule has 1 aliphatic rings. The number of hydrogen-bond acceptors (Lipinski definition) is 4. The summed E-state index contributed by atoms with van der Waals surface area (Å²) in [5.41, 5.74) is 5.27. The minimum absolute atomic E-state index is 0.253. The first-order chi connectivity index (χ1) is 13.2. The van der Waals surface area contributed by atoms with Crippen LogP contribution < -0.4 is 4.74 Å². The standard InChI is InChI=1S/C21H23F3N2O2/c1-14-8-16(10-25(2)3)9-17-12-26(19(13-27)20(14)17)11-15-4-6-18(7-5-15)28-21(22,23)24/h4-9,13,19H,10-12H2,1-3H3. The molecule has 7 heteroatoms. The Kier molecular flexibility index (Phi) is 5.76. The van der Waals surface area contributed by atoms with Crippen LogP contribution in [0.2, 0.25) is 0 Å². The van der Waals surface area contributed by atoms with Crippen molar-refractivity contribution in [1.82, 2.24) is 9.80 Å². The Labute approximate surface area is 162 Å². The van der Waals surface area contributed by atoms with Gasteiger partial charge >= 0.3 is 6.36 Å². The number of carbonyl (C=O) groups excluding carboxylic acids is 1. The van der Waals surface area contributed by atoms with E-state index in [1.165, 1.54) is 17.7 Å². The van der Waals surface area contributed by atoms with E-state index in [1.807, 2.05) is 25.9 Å². The molecule has 0 saturated carbocycles. The van der Waals surface area contributed by atoms with Crippen molar-refractivity contribution < 1.29 is 22.7 Å². The fraction of sp³-hybridized carbons (Fsp3) is 0.381. The minimum atomic E-state index is -4.71. The van der Waals surface area contributed by atoms with Crippen LogP contribution in [0, 0.1) is 6.92 Å². The molecule has 1 atom stereocenters. The molecule has 0 amide bonds. The summed E-state index contributed by atoms with van der Waals surface area (Å²) in [5, 5.41) is 0. The van der Waals surface area contributed by atoms with Gasteiger partial charge in [0, 0.05) is 19.6 Å². The Morgan fingerprint density at radius 3 is 2.43 bits per heavy atom. The number of fused-ring (bicyclic) bond motifs is 1. The van der Waals surface area contributed by atoms with E-state index in [0.717, 1.165) is 35.1 Å². The summed E-state index contributed by atoms with van der Waals surface area (Å²) >= 11 is 0. The summed E-state index contributed by atoms with van der Waals surface area (Å²) in [7, 11) is 4.02. The Balaban J connectivity index is 1.78. The second-order valence-electron chi connectivity index (χ2n) is 7.40. The zero-order chi connectivity index (χ0) is 20.5. The van der Waals surface area contributed by atoms with Crippen molar-refractivity contribution >= 4 is 6.29 Å². The number of aldehydes is 1. The Hall–Kier alpha value is -2.38. The van der Waals surface area contributed by atoms with Crippen molar-refractivity contribution in [2.24, 2.45) is 0 Å². The molecule has 3 rings (SSSR count). The van der Waals surface area contributed by atoms with Crippen LogP contribution in [0.1, 0.15) is 33.9 Å². The molecule has 28 heavy (non-hydrogen) atoms. The molecule has 0 bridgehead atoms. The first kappa shape index (κ1) is 20.4. The summed E-state index contributed by atoms with van der Waals surface area (Å²) in [5.74, 6) is -0.253. The lowest BCUT2D eigenvalue weighted by Crippen LogP contribution is -2.23. The van der Waals surface area contributed by atoms with E-state index in [9.17, 15) is 18.0 Å². The van der Waals surface area contributed by atoms with Crippen LogP contribution in [0.25, 0.3) is 0 Å². The van der Waals surface area contributed by atoms with Crippen molar-refractivity contribution in [3.05, 3.63) is 64.2 Å². The number of aryl methyl sites for hydroxylation is 1. The van der Waals surface area contributed by atoms with Gasteiger partial charge in [-0.15, -0.1) is 13.2 Å². The van der Waals surface area contributed by atoms with Gasteiger partial charge in [0.1, 0.15) is 12.0 Å². The normalized spacial score (nSPS) is 17.0. The third-order valence-electron chi connectivity index (χ3n) is 4.77. The van der Waals surface area contributed by atoms with Crippen molar-refractivity contribution in [3.8, 4) is 5.75 Å². The number of ether oxygens (including phenoxy) is 1. The van der Waals surface area contributed by atoms with Gasteiger partial charge < -0.3 is 14.4 Å². The number of benzene rings is 2. The van der Waals surface area contributed by atoms with Crippen molar-refractivity contribution in [3.63, 3.8) is 0 Å². The smallest absolute Gasteiger partial charge is 0.406 e. The van der Waals surface area contributed by atoms with Gasteiger partial charge in [-0.3, -0.25) is 4.90 Å². The van der Waals surface area contributed by atoms with E-state index in [0.29, 0.717) is 13.1 Å². The predicted octanol–water partition coefficient (Wildman–Crippen LogP) is 4.21. The number of nitrogens with zero attached hydrogens (tertiary/aromatic N) is 2. The number of hydrogen-bond donors (Lipinski definition) is 0. The van der Waals surface area contributed by atoms with Gasteiger partial charge in [-0.2, -0.15) is 0 Å². The fourth-order valence-electron chi connectivity index (χ4n) is 3.80. The van der Waals surface area contributed by atoms with Crippen molar-refractivity contribution in [1.29, 1.82) is 0 Å². The maximum atomic E-state index is 12.3. The molecular formula is C21H23F3N2O2. The highest BCUT2D eigenvalue weighted by Crippen LogP contribution is 2.37. The summed E-state index contributed by atoms with van der Waals surface area (Å²) in [4.78, 5) is 15.9. The molecule has 0 fully saturated rings. The lowest BCUT2D eigenvalue weighted by molar-refractivity contribution is -0.274. The van der Waals surface area contributed by atoms with E-state index in [4.69, 9.17) is 0 Å². The molecule has 1 heterocycles. The molecular weight excluding hydrogens is 369 g/mol. The topological polar surface area (TPSA) is 32.8 Å². The summed E-state index contributed by atoms with van der Waals surface area (Å²) in [6, 6.07) is 9.67. The molecule has 0 saturated heterocycles. The average Bonchev–Trinajstić information content (AvgIpc) is 2.92. The van der Waals surface area contributed by atoms with Crippen LogP contribution in [0.5, 0.6) is 5.75 Å². The second kappa shape index (κ2) is 7.93. The maximum Gasteiger partial charge on any atom is 0.573 e. The van der Waals surface area contributed by atoms with Gasteiger partial charge in [0.25, 0.3) is 0 Å². The minimum Gasteiger partial charge on any atom is -0.406 e. The first-order valence-electron chi connectivity index (χ1n) is 8.97. The largest absolute Gasteiger partial charge is 0.573 e. The molecule has 0 aromatic heterocycles. The number of carbonyl (C=O) groups is 1. The van der Waals surface area contributed by atoms with Crippen LogP contribution >= 0.6 is 0 Å². The average molecular weight is 392 g/mol. The van der Waals surface area contributed by atoms with Gasteiger partial charge in [-0.1, -0.05) is 24.3 Å². The van der Waals surface area contributed by atoms with Crippen LogP contribution in [0.3, 0.4) is 0 Å². The molecule has 2 aromatic carbocycles. The molecule has 4 nitrogen and oxygen atoms in total.